The number of ether oxygens (including phenoxy) is 2. The summed E-state index contributed by atoms with van der Waals surface area (Å²) in [5, 5.41) is 3.41. The van der Waals surface area contributed by atoms with E-state index in [-0.39, 0.29) is 12.7 Å². The number of nitrogens with one attached hydrogen (secondary N) is 3. The molecule has 0 unspecified atom stereocenters. The fraction of sp³-hybridized carbons (Fsp3) is 0.385. The molecule has 21 heavy (non-hydrogen) atoms. The van der Waals surface area contributed by atoms with Crippen LogP contribution in [-0.4, -0.2) is 36.4 Å². The maximum Gasteiger partial charge on any atom is 0.269 e. The highest BCUT2D eigenvalue weighted by molar-refractivity contribution is 7.98. The molecule has 6 nitrogen and oxygen atoms in total. The molecule has 0 aliphatic carbocycles. The number of rotatable bonds is 5. The number of hydrogen-bond donors (Lipinski definition) is 3. The first kappa shape index (κ1) is 15.7. The molecule has 1 heterocycles. The predicted octanol–water partition coefficient (Wildman–Crippen LogP) is 1.28. The number of benzene rings is 1. The van der Waals surface area contributed by atoms with Crippen molar-refractivity contribution in [2.75, 3.05) is 25.3 Å². The monoisotopic (exact) mass is 327 g/mol. The molecule has 114 valence electrons. The number of amides is 1. The van der Waals surface area contributed by atoms with Crippen LogP contribution in [0.3, 0.4) is 0 Å². The lowest BCUT2D eigenvalue weighted by Gasteiger charge is -2.11. The molecule has 0 spiro atoms. The van der Waals surface area contributed by atoms with Gasteiger partial charge < -0.3 is 14.8 Å². The lowest BCUT2D eigenvalue weighted by atomic mass is 10.2. The van der Waals surface area contributed by atoms with E-state index in [1.807, 2.05) is 0 Å². The summed E-state index contributed by atoms with van der Waals surface area (Å²) in [5.41, 5.74) is 5.67. The highest BCUT2D eigenvalue weighted by atomic mass is 32.2. The number of thiocarbonyl (C=S) groups is 1. The molecule has 0 bridgehead atoms. The molecular formula is C13H17N3O3S2. The molecule has 8 heteroatoms. The van der Waals surface area contributed by atoms with Crippen LogP contribution in [0.1, 0.15) is 16.8 Å². The van der Waals surface area contributed by atoms with Crippen molar-refractivity contribution in [2.24, 2.45) is 0 Å². The minimum absolute atomic E-state index is 0.183. The van der Waals surface area contributed by atoms with Gasteiger partial charge in [-0.15, -0.1) is 0 Å². The molecule has 0 fully saturated rings. The first-order chi connectivity index (χ1) is 10.2. The maximum absolute atomic E-state index is 12.0. The average molecular weight is 327 g/mol. The molecule has 0 aromatic heterocycles. The minimum atomic E-state index is -0.290. The Kier molecular flexibility index (Phi) is 5.94. The van der Waals surface area contributed by atoms with Crippen LogP contribution in [0.2, 0.25) is 0 Å². The Morgan fingerprint density at radius 1 is 1.33 bits per heavy atom. The van der Waals surface area contributed by atoms with Gasteiger partial charge in [0.1, 0.15) is 0 Å². The topological polar surface area (TPSA) is 71.6 Å². The van der Waals surface area contributed by atoms with Gasteiger partial charge in [0.15, 0.2) is 16.6 Å². The molecule has 3 N–H and O–H groups in total. The number of carbonyl (C=O) groups is 1. The molecule has 1 aliphatic rings. The second-order valence-electron chi connectivity index (χ2n) is 4.25. The predicted molar refractivity (Wildman–Crippen MR) is 86.8 cm³/mol. The summed E-state index contributed by atoms with van der Waals surface area (Å²) in [7, 11) is 0. The number of fused-ring (bicyclic) bond motifs is 1. The highest BCUT2D eigenvalue weighted by Crippen LogP contribution is 2.32. The van der Waals surface area contributed by atoms with Crippen molar-refractivity contribution in [3.8, 4) is 11.5 Å². The number of thioether (sulfide) groups is 1. The summed E-state index contributed by atoms with van der Waals surface area (Å²) in [5.74, 6) is 1.99. The SMILES string of the molecule is CSCCCNC(=S)NNC(=O)c1ccc2c(c1)OCO2. The van der Waals surface area contributed by atoms with E-state index in [4.69, 9.17) is 21.7 Å². The molecule has 0 atom stereocenters. The largest absolute Gasteiger partial charge is 0.454 e. The van der Waals surface area contributed by atoms with Crippen LogP contribution in [0, 0.1) is 0 Å². The van der Waals surface area contributed by atoms with Gasteiger partial charge in [-0.3, -0.25) is 15.6 Å². The van der Waals surface area contributed by atoms with Crippen LogP contribution in [0.25, 0.3) is 0 Å². The van der Waals surface area contributed by atoms with Crippen molar-refractivity contribution >= 4 is 35.0 Å². The lowest BCUT2D eigenvalue weighted by molar-refractivity contribution is 0.0943. The Hall–Kier alpha value is -1.67. The van der Waals surface area contributed by atoms with Crippen LogP contribution in [0.15, 0.2) is 18.2 Å². The maximum atomic E-state index is 12.0. The third-order valence-electron chi connectivity index (χ3n) is 2.74. The normalized spacial score (nSPS) is 11.9. The Balaban J connectivity index is 1.75. The molecule has 1 aliphatic heterocycles. The number of hydrogen-bond acceptors (Lipinski definition) is 5. The van der Waals surface area contributed by atoms with E-state index in [0.717, 1.165) is 18.7 Å². The van der Waals surface area contributed by atoms with Crippen molar-refractivity contribution in [1.29, 1.82) is 0 Å². The van der Waals surface area contributed by atoms with Gasteiger partial charge in [-0.1, -0.05) is 0 Å². The van der Waals surface area contributed by atoms with E-state index in [1.54, 1.807) is 30.0 Å². The van der Waals surface area contributed by atoms with Crippen LogP contribution in [-0.2, 0) is 0 Å². The minimum Gasteiger partial charge on any atom is -0.454 e. The van der Waals surface area contributed by atoms with Gasteiger partial charge in [-0.25, -0.2) is 0 Å². The highest BCUT2D eigenvalue weighted by Gasteiger charge is 2.16. The summed E-state index contributed by atoms with van der Waals surface area (Å²) in [4.78, 5) is 12.0. The van der Waals surface area contributed by atoms with Crippen molar-refractivity contribution in [3.05, 3.63) is 23.8 Å². The molecule has 1 aromatic rings. The first-order valence-corrected chi connectivity index (χ1v) is 8.23. The molecule has 1 aromatic carbocycles. The third-order valence-corrected chi connectivity index (χ3v) is 3.68. The summed E-state index contributed by atoms with van der Waals surface area (Å²) in [6.07, 6.45) is 3.07. The zero-order valence-electron chi connectivity index (χ0n) is 11.6. The summed E-state index contributed by atoms with van der Waals surface area (Å²) in [6.45, 7) is 0.954. The fourth-order valence-electron chi connectivity index (χ4n) is 1.69. The lowest BCUT2D eigenvalue weighted by Crippen LogP contribution is -2.47. The van der Waals surface area contributed by atoms with Gasteiger partial charge in [-0.2, -0.15) is 11.8 Å². The van der Waals surface area contributed by atoms with Gasteiger partial charge >= 0.3 is 0 Å². The van der Waals surface area contributed by atoms with Crippen LogP contribution in [0.4, 0.5) is 0 Å². The van der Waals surface area contributed by atoms with E-state index in [2.05, 4.69) is 22.4 Å². The quantitative estimate of drug-likeness (QED) is 0.427. The summed E-state index contributed by atoms with van der Waals surface area (Å²) in [6, 6.07) is 5.00. The van der Waals surface area contributed by atoms with Crippen molar-refractivity contribution in [1.82, 2.24) is 16.2 Å². The third kappa shape index (κ3) is 4.68. The van der Waals surface area contributed by atoms with Gasteiger partial charge in [0.2, 0.25) is 6.79 Å². The van der Waals surface area contributed by atoms with Crippen LogP contribution < -0.4 is 25.6 Å². The van der Waals surface area contributed by atoms with Crippen molar-refractivity contribution < 1.29 is 14.3 Å². The molecule has 0 saturated heterocycles. The van der Waals surface area contributed by atoms with Crippen LogP contribution in [0.5, 0.6) is 11.5 Å². The molecule has 2 rings (SSSR count). The van der Waals surface area contributed by atoms with Crippen molar-refractivity contribution in [3.63, 3.8) is 0 Å². The fourth-order valence-corrected chi connectivity index (χ4v) is 2.27. The Labute approximate surface area is 132 Å². The number of carbonyl (C=O) groups excluding carboxylic acids is 1. The zero-order chi connectivity index (χ0) is 15.1. The second kappa shape index (κ2) is 7.94. The average Bonchev–Trinajstić information content (AvgIpc) is 2.96. The van der Waals surface area contributed by atoms with Crippen LogP contribution >= 0.6 is 24.0 Å². The van der Waals surface area contributed by atoms with E-state index in [9.17, 15) is 4.79 Å². The van der Waals surface area contributed by atoms with Gasteiger partial charge in [0, 0.05) is 12.1 Å². The van der Waals surface area contributed by atoms with Crippen molar-refractivity contribution in [2.45, 2.75) is 6.42 Å². The number of hydrazine groups is 1. The second-order valence-corrected chi connectivity index (χ2v) is 5.64. The van der Waals surface area contributed by atoms with Gasteiger partial charge in [0.25, 0.3) is 5.91 Å². The van der Waals surface area contributed by atoms with E-state index >= 15 is 0 Å². The smallest absolute Gasteiger partial charge is 0.269 e. The van der Waals surface area contributed by atoms with E-state index in [0.29, 0.717) is 22.2 Å². The van der Waals surface area contributed by atoms with E-state index < -0.39 is 0 Å². The summed E-state index contributed by atoms with van der Waals surface area (Å²) < 4.78 is 10.4. The zero-order valence-corrected chi connectivity index (χ0v) is 13.2. The van der Waals surface area contributed by atoms with E-state index in [1.165, 1.54) is 0 Å². The summed E-state index contributed by atoms with van der Waals surface area (Å²) >= 11 is 6.85. The first-order valence-electron chi connectivity index (χ1n) is 6.43. The Morgan fingerprint density at radius 2 is 2.14 bits per heavy atom. The molecule has 0 radical (unpaired) electrons. The Bertz CT molecular complexity index is 525. The molecule has 1 amide bonds. The standard InChI is InChI=1S/C13H17N3O3S2/c1-21-6-2-5-14-13(20)16-15-12(17)9-3-4-10-11(7-9)19-8-18-10/h3-4,7H,2,5-6,8H2,1H3,(H,15,17)(H2,14,16,20). The van der Waals surface area contributed by atoms with Gasteiger partial charge in [0.05, 0.1) is 0 Å². The molecular weight excluding hydrogens is 310 g/mol. The Morgan fingerprint density at radius 3 is 2.95 bits per heavy atom. The molecule has 0 saturated carbocycles. The van der Waals surface area contributed by atoms with Gasteiger partial charge in [-0.05, 0) is 48.8 Å².